The zero-order chi connectivity index (χ0) is 15.7. The molecule has 0 spiro atoms. The largest absolute Gasteiger partial charge is 0.481 e. The molecule has 2 N–H and O–H groups in total. The molecular formula is C18H23ClO3. The monoisotopic (exact) mass is 322 g/mol. The Balaban J connectivity index is 1.89. The number of halogens is 1. The third-order valence-corrected chi connectivity index (χ3v) is 5.83. The van der Waals surface area contributed by atoms with Crippen molar-refractivity contribution in [1.82, 2.24) is 0 Å². The zero-order valence-corrected chi connectivity index (χ0v) is 13.4. The summed E-state index contributed by atoms with van der Waals surface area (Å²) < 4.78 is 0. The maximum atomic E-state index is 11.9. The van der Waals surface area contributed by atoms with Gasteiger partial charge < -0.3 is 10.2 Å². The molecule has 3 nitrogen and oxygen atoms in total. The van der Waals surface area contributed by atoms with Crippen LogP contribution in [0.2, 0.25) is 5.02 Å². The van der Waals surface area contributed by atoms with Crippen LogP contribution in [0.3, 0.4) is 0 Å². The summed E-state index contributed by atoms with van der Waals surface area (Å²) >= 11 is 6.01. The lowest BCUT2D eigenvalue weighted by molar-refractivity contribution is -0.150. The molecule has 120 valence electrons. The second-order valence-electron chi connectivity index (χ2n) is 6.98. The molecule has 0 aliphatic heterocycles. The van der Waals surface area contributed by atoms with E-state index in [-0.39, 0.29) is 0 Å². The predicted octanol–water partition coefficient (Wildman–Crippen LogP) is 4.23. The minimum atomic E-state index is -1.16. The van der Waals surface area contributed by atoms with Crippen LogP contribution >= 0.6 is 11.6 Å². The van der Waals surface area contributed by atoms with Crippen LogP contribution in [0.15, 0.2) is 24.3 Å². The van der Waals surface area contributed by atoms with Crippen LogP contribution in [0.5, 0.6) is 0 Å². The van der Waals surface area contributed by atoms with Gasteiger partial charge in [0.1, 0.15) is 5.92 Å². The summed E-state index contributed by atoms with van der Waals surface area (Å²) in [5.74, 6) is -0.718. The summed E-state index contributed by atoms with van der Waals surface area (Å²) in [6.07, 6.45) is 6.93. The van der Waals surface area contributed by atoms with Crippen LogP contribution in [0.1, 0.15) is 56.4 Å². The van der Waals surface area contributed by atoms with Crippen molar-refractivity contribution in [3.63, 3.8) is 0 Å². The van der Waals surface area contributed by atoms with Crippen LogP contribution in [-0.4, -0.2) is 21.8 Å². The summed E-state index contributed by atoms with van der Waals surface area (Å²) in [5, 5.41) is 21.4. The van der Waals surface area contributed by atoms with E-state index in [0.717, 1.165) is 12.8 Å². The van der Waals surface area contributed by atoms with Gasteiger partial charge in [0, 0.05) is 5.02 Å². The van der Waals surface area contributed by atoms with E-state index in [0.29, 0.717) is 35.3 Å². The first kappa shape index (κ1) is 15.8. The molecule has 4 heteroatoms. The third-order valence-electron chi connectivity index (χ3n) is 5.60. The zero-order valence-electron chi connectivity index (χ0n) is 12.7. The molecule has 0 bridgehead atoms. The quantitative estimate of drug-likeness (QED) is 0.875. The number of aliphatic carboxylic acids is 1. The highest BCUT2D eigenvalue weighted by molar-refractivity contribution is 6.30. The van der Waals surface area contributed by atoms with Gasteiger partial charge in [0.25, 0.3) is 0 Å². The Morgan fingerprint density at radius 2 is 1.95 bits per heavy atom. The fraction of sp³-hybridized carbons (Fsp3) is 0.611. The van der Waals surface area contributed by atoms with E-state index >= 15 is 0 Å². The Morgan fingerprint density at radius 3 is 2.64 bits per heavy atom. The average Bonchev–Trinajstić information content (AvgIpc) is 2.46. The number of carboxylic acids is 1. The molecule has 1 aromatic rings. The highest BCUT2D eigenvalue weighted by Crippen LogP contribution is 2.49. The Morgan fingerprint density at radius 1 is 1.23 bits per heavy atom. The molecule has 4 atom stereocenters. The first-order chi connectivity index (χ1) is 10.5. The fourth-order valence-corrected chi connectivity index (χ4v) is 4.75. The molecule has 0 heterocycles. The second-order valence-corrected chi connectivity index (χ2v) is 7.41. The molecule has 2 aliphatic carbocycles. The summed E-state index contributed by atoms with van der Waals surface area (Å²) in [6, 6.07) is 6.91. The highest BCUT2D eigenvalue weighted by Gasteiger charge is 2.48. The van der Waals surface area contributed by atoms with E-state index in [4.69, 9.17) is 11.6 Å². The maximum Gasteiger partial charge on any atom is 0.313 e. The standard InChI is InChI=1S/C18H23ClO3/c19-15-7-3-6-13(10-15)16(17(20)21)18(22)9-8-12-4-1-2-5-14(12)11-18/h3,6-7,10,12,14,16,22H,1-2,4-5,8-9,11H2,(H,20,21)/t12-,14-,16+,18+/m1/s1. The number of fused-ring (bicyclic) bond motifs is 1. The predicted molar refractivity (Wildman–Crippen MR) is 86.1 cm³/mol. The Hall–Kier alpha value is -1.06. The molecule has 0 unspecified atom stereocenters. The number of carbonyl (C=O) groups is 1. The molecule has 0 radical (unpaired) electrons. The number of hydrogen-bond acceptors (Lipinski definition) is 2. The van der Waals surface area contributed by atoms with E-state index in [9.17, 15) is 15.0 Å². The molecular weight excluding hydrogens is 300 g/mol. The molecule has 2 fully saturated rings. The first-order valence-electron chi connectivity index (χ1n) is 8.20. The van der Waals surface area contributed by atoms with Gasteiger partial charge in [-0.1, -0.05) is 49.4 Å². The van der Waals surface area contributed by atoms with Gasteiger partial charge in [0.15, 0.2) is 0 Å². The lowest BCUT2D eigenvalue weighted by Gasteiger charge is -2.46. The van der Waals surface area contributed by atoms with Gasteiger partial charge >= 0.3 is 5.97 Å². The number of benzene rings is 1. The Bertz CT molecular complexity index is 559. The van der Waals surface area contributed by atoms with Gasteiger partial charge in [-0.05, 0) is 48.8 Å². The number of hydrogen-bond donors (Lipinski definition) is 2. The van der Waals surface area contributed by atoms with Gasteiger partial charge in [-0.2, -0.15) is 0 Å². The van der Waals surface area contributed by atoms with E-state index in [1.807, 2.05) is 0 Å². The average molecular weight is 323 g/mol. The van der Waals surface area contributed by atoms with Crippen molar-refractivity contribution in [3.05, 3.63) is 34.9 Å². The molecule has 1 aromatic carbocycles. The Labute approximate surface area is 136 Å². The second kappa shape index (κ2) is 6.21. The molecule has 0 saturated heterocycles. The smallest absolute Gasteiger partial charge is 0.313 e. The minimum Gasteiger partial charge on any atom is -0.481 e. The summed E-state index contributed by atoms with van der Waals surface area (Å²) in [5.41, 5.74) is -0.550. The molecule has 0 amide bonds. The molecule has 22 heavy (non-hydrogen) atoms. The van der Waals surface area contributed by atoms with E-state index < -0.39 is 17.5 Å². The van der Waals surface area contributed by atoms with E-state index in [1.165, 1.54) is 19.3 Å². The van der Waals surface area contributed by atoms with Crippen molar-refractivity contribution in [2.24, 2.45) is 11.8 Å². The number of rotatable bonds is 3. The van der Waals surface area contributed by atoms with Crippen LogP contribution in [0, 0.1) is 11.8 Å². The van der Waals surface area contributed by atoms with E-state index in [2.05, 4.69) is 0 Å². The Kier molecular flexibility index (Phi) is 4.47. The van der Waals surface area contributed by atoms with Crippen molar-refractivity contribution in [2.75, 3.05) is 0 Å². The lowest BCUT2D eigenvalue weighted by atomic mass is 9.62. The summed E-state index contributed by atoms with van der Waals surface area (Å²) in [7, 11) is 0. The van der Waals surface area contributed by atoms with Crippen molar-refractivity contribution in [2.45, 2.75) is 56.5 Å². The van der Waals surface area contributed by atoms with Gasteiger partial charge in [0.2, 0.25) is 0 Å². The maximum absolute atomic E-state index is 11.9. The van der Waals surface area contributed by atoms with Crippen molar-refractivity contribution in [1.29, 1.82) is 0 Å². The van der Waals surface area contributed by atoms with Crippen LogP contribution < -0.4 is 0 Å². The third kappa shape index (κ3) is 3.02. The SMILES string of the molecule is O=C(O)[C@H](c1cccc(Cl)c1)[C@]1(O)CC[C@H]2CCCC[C@@H]2C1. The van der Waals surface area contributed by atoms with Crippen molar-refractivity contribution in [3.8, 4) is 0 Å². The van der Waals surface area contributed by atoms with Gasteiger partial charge in [-0.15, -0.1) is 0 Å². The molecule has 2 aliphatic rings. The van der Waals surface area contributed by atoms with E-state index in [1.54, 1.807) is 24.3 Å². The van der Waals surface area contributed by atoms with Gasteiger partial charge in [-0.3, -0.25) is 4.79 Å². The van der Waals surface area contributed by atoms with Crippen LogP contribution in [-0.2, 0) is 4.79 Å². The first-order valence-corrected chi connectivity index (χ1v) is 8.58. The molecule has 0 aromatic heterocycles. The highest BCUT2D eigenvalue weighted by atomic mass is 35.5. The van der Waals surface area contributed by atoms with Gasteiger partial charge in [-0.25, -0.2) is 0 Å². The summed E-state index contributed by atoms with van der Waals surface area (Å²) in [6.45, 7) is 0. The normalized spacial score (nSPS) is 33.0. The van der Waals surface area contributed by atoms with Crippen LogP contribution in [0.25, 0.3) is 0 Å². The molecule has 3 rings (SSSR count). The minimum absolute atomic E-state index is 0.466. The van der Waals surface area contributed by atoms with Crippen LogP contribution in [0.4, 0.5) is 0 Å². The summed E-state index contributed by atoms with van der Waals surface area (Å²) in [4.78, 5) is 11.9. The number of carboxylic acid groups (broad SMARTS) is 1. The fourth-order valence-electron chi connectivity index (χ4n) is 4.56. The lowest BCUT2D eigenvalue weighted by Crippen LogP contribution is -2.47. The van der Waals surface area contributed by atoms with Gasteiger partial charge in [0.05, 0.1) is 5.60 Å². The van der Waals surface area contributed by atoms with Crippen molar-refractivity contribution < 1.29 is 15.0 Å². The number of aliphatic hydroxyl groups is 1. The van der Waals surface area contributed by atoms with Crippen molar-refractivity contribution >= 4 is 17.6 Å². The molecule has 2 saturated carbocycles. The topological polar surface area (TPSA) is 57.5 Å².